The summed E-state index contributed by atoms with van der Waals surface area (Å²) in [4.78, 5) is 23.0. The minimum Gasteiger partial charge on any atom is -0.372 e. The maximum Gasteiger partial charge on any atom is 0.305 e. The number of hydrogen-bond acceptors (Lipinski definition) is 7. The fourth-order valence-electron chi connectivity index (χ4n) is 3.21. The molecule has 0 aliphatic rings. The Kier molecular flexibility index (Phi) is 6.22. The summed E-state index contributed by atoms with van der Waals surface area (Å²) in [6.07, 6.45) is 0. The lowest BCUT2D eigenvalue weighted by molar-refractivity contribution is -0.393. The Morgan fingerprint density at radius 2 is 1.60 bits per heavy atom. The normalized spacial score (nSPS) is 11.2. The van der Waals surface area contributed by atoms with Gasteiger partial charge in [-0.3, -0.25) is 20.2 Å². The van der Waals surface area contributed by atoms with E-state index in [1.807, 2.05) is 30.3 Å². The maximum absolute atomic E-state index is 11.4. The molecule has 0 bridgehead atoms. The summed E-state index contributed by atoms with van der Waals surface area (Å²) in [7, 11) is 0. The van der Waals surface area contributed by atoms with Gasteiger partial charge in [-0.15, -0.1) is 10.2 Å². The highest BCUT2D eigenvalue weighted by atomic mass is 35.5. The Labute approximate surface area is 176 Å². The third-order valence-electron chi connectivity index (χ3n) is 4.68. The number of anilines is 1. The second kappa shape index (κ2) is 8.83. The molecule has 0 saturated heterocycles. The number of benzene rings is 3. The topological polar surface area (TPSA) is 114 Å². The molecule has 3 aromatic carbocycles. The number of azo groups is 1. The SMILES string of the molecule is CCN(CC)c1ccc(/N=N/c2c(Cl)cc([N+](=O)[O-])cc2[N+](=O)[O-])c2ccccc12. The Hall–Kier alpha value is -3.59. The van der Waals surface area contributed by atoms with Crippen LogP contribution in [0.4, 0.5) is 28.4 Å². The van der Waals surface area contributed by atoms with Crippen LogP contribution in [0.15, 0.2) is 58.8 Å². The summed E-state index contributed by atoms with van der Waals surface area (Å²) < 4.78 is 0. The van der Waals surface area contributed by atoms with Gasteiger partial charge in [-0.2, -0.15) is 0 Å². The lowest BCUT2D eigenvalue weighted by Gasteiger charge is -2.23. The number of hydrogen-bond donors (Lipinski definition) is 0. The maximum atomic E-state index is 11.4. The Morgan fingerprint density at radius 1 is 0.933 bits per heavy atom. The number of nitrogens with zero attached hydrogens (tertiary/aromatic N) is 5. The van der Waals surface area contributed by atoms with Crippen LogP contribution in [-0.4, -0.2) is 22.9 Å². The van der Waals surface area contributed by atoms with Crippen molar-refractivity contribution in [3.05, 3.63) is 73.8 Å². The molecular formula is C20H18ClN5O4. The first-order valence-electron chi connectivity index (χ1n) is 9.18. The van der Waals surface area contributed by atoms with Gasteiger partial charge in [0.2, 0.25) is 0 Å². The van der Waals surface area contributed by atoms with Gasteiger partial charge in [-0.25, -0.2) is 0 Å². The fourth-order valence-corrected chi connectivity index (χ4v) is 3.46. The fraction of sp³-hybridized carbons (Fsp3) is 0.200. The first-order valence-corrected chi connectivity index (χ1v) is 9.55. The molecular weight excluding hydrogens is 410 g/mol. The molecule has 0 heterocycles. The van der Waals surface area contributed by atoms with Gasteiger partial charge in [-0.05, 0) is 26.0 Å². The van der Waals surface area contributed by atoms with Crippen LogP contribution >= 0.6 is 11.6 Å². The van der Waals surface area contributed by atoms with Crippen LogP contribution in [0.25, 0.3) is 10.8 Å². The van der Waals surface area contributed by atoms with E-state index in [-0.39, 0.29) is 10.7 Å². The van der Waals surface area contributed by atoms with E-state index >= 15 is 0 Å². The largest absolute Gasteiger partial charge is 0.372 e. The number of halogens is 1. The second-order valence-corrected chi connectivity index (χ2v) is 6.74. The highest BCUT2D eigenvalue weighted by molar-refractivity contribution is 6.33. The van der Waals surface area contributed by atoms with Gasteiger partial charge in [0, 0.05) is 35.6 Å². The van der Waals surface area contributed by atoms with Crippen molar-refractivity contribution in [3.63, 3.8) is 0 Å². The van der Waals surface area contributed by atoms with Gasteiger partial charge in [0.1, 0.15) is 0 Å². The summed E-state index contributed by atoms with van der Waals surface area (Å²) in [5.74, 6) is 0. The predicted molar refractivity (Wildman–Crippen MR) is 116 cm³/mol. The van der Waals surface area contributed by atoms with E-state index in [0.717, 1.165) is 41.7 Å². The molecule has 0 aromatic heterocycles. The van der Waals surface area contributed by atoms with Gasteiger partial charge in [-0.1, -0.05) is 35.9 Å². The molecule has 0 radical (unpaired) electrons. The molecule has 0 aliphatic carbocycles. The average molecular weight is 428 g/mol. The molecule has 0 fully saturated rings. The minimum atomic E-state index is -0.769. The number of nitro benzene ring substituents is 2. The van der Waals surface area contributed by atoms with Crippen LogP contribution in [0, 0.1) is 20.2 Å². The van der Waals surface area contributed by atoms with Gasteiger partial charge in [0.05, 0.1) is 26.6 Å². The molecule has 0 saturated carbocycles. The highest BCUT2D eigenvalue weighted by Gasteiger charge is 2.23. The summed E-state index contributed by atoms with van der Waals surface area (Å²) >= 11 is 6.04. The summed E-state index contributed by atoms with van der Waals surface area (Å²) in [5.41, 5.74) is 0.255. The molecule has 10 heteroatoms. The van der Waals surface area contributed by atoms with Crippen LogP contribution in [0.5, 0.6) is 0 Å². The monoisotopic (exact) mass is 427 g/mol. The minimum absolute atomic E-state index is 0.219. The van der Waals surface area contributed by atoms with Crippen molar-refractivity contribution in [2.45, 2.75) is 13.8 Å². The van der Waals surface area contributed by atoms with Crippen molar-refractivity contribution in [3.8, 4) is 0 Å². The zero-order valence-electron chi connectivity index (χ0n) is 16.3. The lowest BCUT2D eigenvalue weighted by atomic mass is 10.1. The molecule has 0 unspecified atom stereocenters. The highest BCUT2D eigenvalue weighted by Crippen LogP contribution is 2.41. The quantitative estimate of drug-likeness (QED) is 0.240. The molecule has 0 aliphatic heterocycles. The molecule has 0 atom stereocenters. The average Bonchev–Trinajstić information content (AvgIpc) is 2.73. The van der Waals surface area contributed by atoms with E-state index < -0.39 is 21.2 Å². The summed E-state index contributed by atoms with van der Waals surface area (Å²) in [5, 5.41) is 32.1. The Morgan fingerprint density at radius 3 is 2.20 bits per heavy atom. The molecule has 0 N–H and O–H groups in total. The number of fused-ring (bicyclic) bond motifs is 1. The van der Waals surface area contributed by atoms with Gasteiger partial charge in [0.15, 0.2) is 5.69 Å². The van der Waals surface area contributed by atoms with Gasteiger partial charge in [0.25, 0.3) is 5.69 Å². The zero-order chi connectivity index (χ0) is 21.8. The van der Waals surface area contributed by atoms with E-state index in [9.17, 15) is 20.2 Å². The molecule has 30 heavy (non-hydrogen) atoms. The molecule has 3 rings (SSSR count). The molecule has 3 aromatic rings. The standard InChI is InChI=1S/C20H18ClN5O4/c1-3-24(4-2)18-10-9-17(14-7-5-6-8-15(14)18)22-23-20-16(21)11-13(25(27)28)12-19(20)26(29)30/h5-12H,3-4H2,1-2H3/b23-22+. The Balaban J connectivity index is 2.13. The van der Waals surface area contributed by atoms with Crippen molar-refractivity contribution in [1.29, 1.82) is 0 Å². The van der Waals surface area contributed by atoms with Gasteiger partial charge >= 0.3 is 5.69 Å². The lowest BCUT2D eigenvalue weighted by Crippen LogP contribution is -2.21. The third kappa shape index (κ3) is 4.06. The Bertz CT molecular complexity index is 1160. The van der Waals surface area contributed by atoms with E-state index in [4.69, 9.17) is 11.6 Å². The molecule has 9 nitrogen and oxygen atoms in total. The number of nitro groups is 2. The van der Waals surface area contributed by atoms with Crippen LogP contribution in [0.3, 0.4) is 0 Å². The van der Waals surface area contributed by atoms with Crippen LogP contribution < -0.4 is 4.90 Å². The predicted octanol–water partition coefficient (Wildman–Crippen LogP) is 6.57. The zero-order valence-corrected chi connectivity index (χ0v) is 17.0. The van der Waals surface area contributed by atoms with E-state index in [0.29, 0.717) is 5.69 Å². The first-order chi connectivity index (χ1) is 14.4. The smallest absolute Gasteiger partial charge is 0.305 e. The van der Waals surface area contributed by atoms with Crippen molar-refractivity contribution >= 4 is 50.8 Å². The van der Waals surface area contributed by atoms with Crippen molar-refractivity contribution in [1.82, 2.24) is 0 Å². The van der Waals surface area contributed by atoms with Crippen LogP contribution in [0.2, 0.25) is 5.02 Å². The summed E-state index contributed by atoms with van der Waals surface area (Å²) in [6.45, 7) is 5.82. The molecule has 154 valence electrons. The second-order valence-electron chi connectivity index (χ2n) is 6.33. The van der Waals surface area contributed by atoms with Gasteiger partial charge < -0.3 is 4.90 Å². The van der Waals surface area contributed by atoms with Crippen molar-refractivity contribution in [2.24, 2.45) is 10.2 Å². The molecule has 0 amide bonds. The van der Waals surface area contributed by atoms with E-state index in [1.54, 1.807) is 6.07 Å². The van der Waals surface area contributed by atoms with Crippen LogP contribution in [0.1, 0.15) is 13.8 Å². The number of rotatable bonds is 7. The van der Waals surface area contributed by atoms with E-state index in [1.165, 1.54) is 0 Å². The van der Waals surface area contributed by atoms with Crippen molar-refractivity contribution in [2.75, 3.05) is 18.0 Å². The van der Waals surface area contributed by atoms with E-state index in [2.05, 4.69) is 29.0 Å². The first kappa shape index (κ1) is 21.1. The molecule has 0 spiro atoms. The van der Waals surface area contributed by atoms with Crippen LogP contribution in [-0.2, 0) is 0 Å². The van der Waals surface area contributed by atoms with Crippen molar-refractivity contribution < 1.29 is 9.85 Å². The third-order valence-corrected chi connectivity index (χ3v) is 4.96. The summed E-state index contributed by atoms with van der Waals surface area (Å²) in [6, 6.07) is 13.2. The number of non-ortho nitro benzene ring substituents is 1.